The van der Waals surface area contributed by atoms with E-state index in [4.69, 9.17) is 14.2 Å². The van der Waals surface area contributed by atoms with Gasteiger partial charge >= 0.3 is 0 Å². The lowest BCUT2D eigenvalue weighted by Gasteiger charge is -2.10. The number of hydrogen-bond acceptors (Lipinski definition) is 6. The molecule has 7 nitrogen and oxygen atoms in total. The first-order valence-electron chi connectivity index (χ1n) is 8.23. The Labute approximate surface area is 162 Å². The molecule has 0 aliphatic carbocycles. The fourth-order valence-electron chi connectivity index (χ4n) is 2.12. The van der Waals surface area contributed by atoms with Gasteiger partial charge in [0.1, 0.15) is 17.2 Å². The van der Waals surface area contributed by atoms with E-state index in [1.807, 2.05) is 31.2 Å². The van der Waals surface area contributed by atoms with Crippen molar-refractivity contribution >= 4 is 23.6 Å². The highest BCUT2D eigenvalue weighted by Crippen LogP contribution is 2.23. The second-order valence-corrected chi connectivity index (χ2v) is 6.35. The van der Waals surface area contributed by atoms with E-state index < -0.39 is 5.91 Å². The molecule has 0 saturated carbocycles. The smallest absolute Gasteiger partial charge is 0.269 e. The summed E-state index contributed by atoms with van der Waals surface area (Å²) in [6.07, 6.45) is 0. The molecule has 0 bridgehead atoms. The van der Waals surface area contributed by atoms with Crippen LogP contribution in [0.15, 0.2) is 47.4 Å². The highest BCUT2D eigenvalue weighted by Gasteiger charge is 2.11. The van der Waals surface area contributed by atoms with Crippen molar-refractivity contribution in [1.29, 1.82) is 0 Å². The van der Waals surface area contributed by atoms with Crippen LogP contribution in [0.2, 0.25) is 0 Å². The zero-order chi connectivity index (χ0) is 19.6. The Bertz CT molecular complexity index is 758. The van der Waals surface area contributed by atoms with Crippen LogP contribution in [0, 0.1) is 0 Å². The fraction of sp³-hybridized carbons (Fsp3) is 0.263. The summed E-state index contributed by atoms with van der Waals surface area (Å²) >= 11 is 1.36. The zero-order valence-corrected chi connectivity index (χ0v) is 16.2. The molecule has 0 unspecified atom stereocenters. The number of ether oxygens (including phenoxy) is 3. The van der Waals surface area contributed by atoms with Crippen LogP contribution in [0.4, 0.5) is 0 Å². The number of hydrazine groups is 1. The van der Waals surface area contributed by atoms with Crippen molar-refractivity contribution < 1.29 is 23.8 Å². The van der Waals surface area contributed by atoms with Crippen molar-refractivity contribution in [3.05, 3.63) is 48.0 Å². The minimum Gasteiger partial charge on any atom is -0.497 e. The molecule has 0 aliphatic heterocycles. The van der Waals surface area contributed by atoms with Crippen molar-refractivity contribution in [2.24, 2.45) is 0 Å². The molecule has 2 amide bonds. The zero-order valence-electron chi connectivity index (χ0n) is 15.4. The number of rotatable bonds is 8. The summed E-state index contributed by atoms with van der Waals surface area (Å²) in [6.45, 7) is 2.52. The van der Waals surface area contributed by atoms with Crippen molar-refractivity contribution in [2.45, 2.75) is 11.8 Å². The quantitative estimate of drug-likeness (QED) is 0.532. The molecule has 27 heavy (non-hydrogen) atoms. The normalized spacial score (nSPS) is 10.0. The van der Waals surface area contributed by atoms with E-state index in [2.05, 4.69) is 10.9 Å². The highest BCUT2D eigenvalue weighted by molar-refractivity contribution is 8.00. The third-order valence-electron chi connectivity index (χ3n) is 3.43. The molecule has 2 rings (SSSR count). The van der Waals surface area contributed by atoms with Crippen LogP contribution in [-0.2, 0) is 4.79 Å². The summed E-state index contributed by atoms with van der Waals surface area (Å²) in [7, 11) is 2.99. The third-order valence-corrected chi connectivity index (χ3v) is 4.45. The maximum atomic E-state index is 12.2. The molecule has 0 fully saturated rings. The van der Waals surface area contributed by atoms with Crippen molar-refractivity contribution in [3.63, 3.8) is 0 Å². The van der Waals surface area contributed by atoms with E-state index in [1.165, 1.54) is 26.0 Å². The number of nitrogens with one attached hydrogen (secondary N) is 2. The Balaban J connectivity index is 1.83. The maximum absolute atomic E-state index is 12.2. The lowest BCUT2D eigenvalue weighted by atomic mass is 10.2. The van der Waals surface area contributed by atoms with Crippen LogP contribution in [0.25, 0.3) is 0 Å². The van der Waals surface area contributed by atoms with Crippen LogP contribution in [0.5, 0.6) is 17.2 Å². The molecule has 0 spiro atoms. The maximum Gasteiger partial charge on any atom is 0.269 e. The molecular formula is C19H22N2O5S. The van der Waals surface area contributed by atoms with Gasteiger partial charge in [-0.15, -0.1) is 11.8 Å². The molecular weight excluding hydrogens is 368 g/mol. The minimum absolute atomic E-state index is 0.162. The molecule has 2 aromatic carbocycles. The Morgan fingerprint density at radius 1 is 0.926 bits per heavy atom. The van der Waals surface area contributed by atoms with Crippen molar-refractivity contribution in [1.82, 2.24) is 10.9 Å². The Hall–Kier alpha value is -2.87. The van der Waals surface area contributed by atoms with Gasteiger partial charge in [-0.05, 0) is 43.3 Å². The molecule has 0 heterocycles. The van der Waals surface area contributed by atoms with Gasteiger partial charge in [-0.2, -0.15) is 0 Å². The van der Waals surface area contributed by atoms with Crippen LogP contribution in [0.1, 0.15) is 17.3 Å². The average Bonchev–Trinajstić information content (AvgIpc) is 2.71. The van der Waals surface area contributed by atoms with Gasteiger partial charge in [-0.3, -0.25) is 20.4 Å². The van der Waals surface area contributed by atoms with E-state index in [9.17, 15) is 9.59 Å². The largest absolute Gasteiger partial charge is 0.497 e. The predicted octanol–water partition coefficient (Wildman–Crippen LogP) is 2.66. The number of carbonyl (C=O) groups is 2. The van der Waals surface area contributed by atoms with Gasteiger partial charge < -0.3 is 14.2 Å². The summed E-state index contributed by atoms with van der Waals surface area (Å²) in [5.41, 5.74) is 5.08. The molecule has 0 saturated heterocycles. The van der Waals surface area contributed by atoms with E-state index >= 15 is 0 Å². The Morgan fingerprint density at radius 2 is 1.56 bits per heavy atom. The topological polar surface area (TPSA) is 85.9 Å². The van der Waals surface area contributed by atoms with Gasteiger partial charge in [0, 0.05) is 16.5 Å². The van der Waals surface area contributed by atoms with E-state index in [-0.39, 0.29) is 11.7 Å². The molecule has 8 heteroatoms. The SMILES string of the molecule is CCOc1ccc(SCC(=O)NNC(=O)c2cc(OC)cc(OC)c2)cc1. The first-order valence-corrected chi connectivity index (χ1v) is 9.22. The lowest BCUT2D eigenvalue weighted by molar-refractivity contribution is -0.119. The number of amides is 2. The highest BCUT2D eigenvalue weighted by atomic mass is 32.2. The summed E-state index contributed by atoms with van der Waals surface area (Å²) in [5, 5.41) is 0. The van der Waals surface area contributed by atoms with Gasteiger partial charge in [0.15, 0.2) is 0 Å². The predicted molar refractivity (Wildman–Crippen MR) is 103 cm³/mol. The fourth-order valence-corrected chi connectivity index (χ4v) is 2.82. The number of carbonyl (C=O) groups excluding carboxylic acids is 2. The number of thioether (sulfide) groups is 1. The average molecular weight is 390 g/mol. The minimum atomic E-state index is -0.466. The summed E-state index contributed by atoms with van der Waals surface area (Å²) in [5.74, 6) is 1.13. The second kappa shape index (κ2) is 10.3. The van der Waals surface area contributed by atoms with Crippen LogP contribution in [-0.4, -0.2) is 38.4 Å². The first kappa shape index (κ1) is 20.4. The monoisotopic (exact) mass is 390 g/mol. The van der Waals surface area contributed by atoms with Crippen molar-refractivity contribution in [2.75, 3.05) is 26.6 Å². The Morgan fingerprint density at radius 3 is 2.11 bits per heavy atom. The van der Waals surface area contributed by atoms with Gasteiger partial charge in [0.25, 0.3) is 5.91 Å². The van der Waals surface area contributed by atoms with E-state index in [0.29, 0.717) is 23.7 Å². The molecule has 2 N–H and O–H groups in total. The summed E-state index contributed by atoms with van der Waals surface area (Å²) < 4.78 is 15.6. The van der Waals surface area contributed by atoms with Crippen molar-refractivity contribution in [3.8, 4) is 17.2 Å². The van der Waals surface area contributed by atoms with Crippen LogP contribution < -0.4 is 25.1 Å². The first-order chi connectivity index (χ1) is 13.0. The molecule has 2 aromatic rings. The van der Waals surface area contributed by atoms with E-state index in [1.54, 1.807) is 18.2 Å². The molecule has 0 aliphatic rings. The van der Waals surface area contributed by atoms with Crippen LogP contribution in [0.3, 0.4) is 0 Å². The third kappa shape index (κ3) is 6.41. The number of methoxy groups -OCH3 is 2. The van der Waals surface area contributed by atoms with E-state index in [0.717, 1.165) is 10.6 Å². The molecule has 0 radical (unpaired) electrons. The number of benzene rings is 2. The second-order valence-electron chi connectivity index (χ2n) is 5.30. The summed E-state index contributed by atoms with van der Waals surface area (Å²) in [6, 6.07) is 12.2. The van der Waals surface area contributed by atoms with Crippen LogP contribution >= 0.6 is 11.8 Å². The Kier molecular flexibility index (Phi) is 7.81. The van der Waals surface area contributed by atoms with Gasteiger partial charge in [0.05, 0.1) is 26.6 Å². The lowest BCUT2D eigenvalue weighted by Crippen LogP contribution is -2.42. The molecule has 0 atom stereocenters. The van der Waals surface area contributed by atoms with Gasteiger partial charge in [-0.1, -0.05) is 0 Å². The standard InChI is InChI=1S/C19H22N2O5S/c1-4-26-14-5-7-17(8-6-14)27-12-18(22)20-21-19(23)13-9-15(24-2)11-16(10-13)25-3/h5-11H,4,12H2,1-3H3,(H,20,22)(H,21,23). The van der Waals surface area contributed by atoms with Gasteiger partial charge in [0.2, 0.25) is 5.91 Å². The summed E-state index contributed by atoms with van der Waals surface area (Å²) in [4.78, 5) is 25.1. The molecule has 144 valence electrons. The number of hydrogen-bond donors (Lipinski definition) is 2. The molecule has 0 aromatic heterocycles. The van der Waals surface area contributed by atoms with Gasteiger partial charge in [-0.25, -0.2) is 0 Å².